The normalized spacial score (nSPS) is 11.2. The van der Waals surface area contributed by atoms with Gasteiger partial charge in [-0.3, -0.25) is 0 Å². The molecule has 4 nitrogen and oxygen atoms in total. The van der Waals surface area contributed by atoms with Gasteiger partial charge in [0.05, 0.1) is 16.6 Å². The summed E-state index contributed by atoms with van der Waals surface area (Å²) in [5, 5.41) is 8.77. The van der Waals surface area contributed by atoms with Gasteiger partial charge in [0.25, 0.3) is 6.43 Å². The van der Waals surface area contributed by atoms with Gasteiger partial charge in [0, 0.05) is 5.56 Å². The Morgan fingerprint density at radius 1 is 1.50 bits per heavy atom. The Balaban J connectivity index is 2.78. The van der Waals surface area contributed by atoms with E-state index in [9.17, 15) is 13.6 Å². The van der Waals surface area contributed by atoms with Gasteiger partial charge in [-0.2, -0.15) is 0 Å². The Kier molecular flexibility index (Phi) is 2.63. The maximum atomic E-state index is 12.7. The van der Waals surface area contributed by atoms with Gasteiger partial charge in [-0.1, -0.05) is 0 Å². The van der Waals surface area contributed by atoms with Crippen LogP contribution in [0.2, 0.25) is 0 Å². The zero-order valence-corrected chi connectivity index (χ0v) is 9.25. The van der Waals surface area contributed by atoms with E-state index in [2.05, 4.69) is 25.9 Å². The topological polar surface area (TPSA) is 66.0 Å². The molecule has 16 heavy (non-hydrogen) atoms. The summed E-state index contributed by atoms with van der Waals surface area (Å²) in [6.45, 7) is 0. The van der Waals surface area contributed by atoms with E-state index in [1.165, 1.54) is 6.07 Å². The molecule has 2 rings (SSSR count). The van der Waals surface area contributed by atoms with Crippen LogP contribution in [0.25, 0.3) is 11.0 Å². The number of rotatable bonds is 2. The number of hydrogen-bond donors (Lipinski definition) is 2. The maximum absolute atomic E-state index is 12.7. The van der Waals surface area contributed by atoms with Gasteiger partial charge in [0.15, 0.2) is 4.73 Å². The molecule has 0 spiro atoms. The van der Waals surface area contributed by atoms with Gasteiger partial charge in [0.2, 0.25) is 0 Å². The summed E-state index contributed by atoms with van der Waals surface area (Å²) in [6.07, 6.45) is -2.77. The summed E-state index contributed by atoms with van der Waals surface area (Å²) < 4.78 is 25.7. The van der Waals surface area contributed by atoms with Crippen molar-refractivity contribution in [3.05, 3.63) is 28.0 Å². The van der Waals surface area contributed by atoms with Crippen molar-refractivity contribution in [2.75, 3.05) is 0 Å². The van der Waals surface area contributed by atoms with Crippen molar-refractivity contribution < 1.29 is 18.7 Å². The number of benzene rings is 1. The minimum absolute atomic E-state index is 0.0758. The van der Waals surface area contributed by atoms with Gasteiger partial charge < -0.3 is 10.1 Å². The molecule has 0 atom stereocenters. The number of halogens is 3. The summed E-state index contributed by atoms with van der Waals surface area (Å²) in [6, 6.07) is 2.20. The van der Waals surface area contributed by atoms with Crippen LogP contribution < -0.4 is 0 Å². The second-order valence-electron chi connectivity index (χ2n) is 3.10. The van der Waals surface area contributed by atoms with Crippen molar-refractivity contribution in [1.29, 1.82) is 0 Å². The number of nitrogens with one attached hydrogen (secondary N) is 1. The molecular formula is C9H5BrF2N2O2. The van der Waals surface area contributed by atoms with E-state index in [1.54, 1.807) is 0 Å². The molecule has 0 aliphatic rings. The van der Waals surface area contributed by atoms with E-state index in [-0.39, 0.29) is 21.3 Å². The molecular weight excluding hydrogens is 286 g/mol. The largest absolute Gasteiger partial charge is 0.478 e. The first-order valence-electron chi connectivity index (χ1n) is 4.19. The molecule has 0 saturated heterocycles. The number of nitrogens with zero attached hydrogens (tertiary/aromatic N) is 1. The lowest BCUT2D eigenvalue weighted by Crippen LogP contribution is -1.98. The van der Waals surface area contributed by atoms with Gasteiger partial charge >= 0.3 is 5.97 Å². The molecule has 2 aromatic rings. The van der Waals surface area contributed by atoms with Crippen LogP contribution in [0.4, 0.5) is 8.78 Å². The van der Waals surface area contributed by atoms with E-state index in [0.29, 0.717) is 0 Å². The lowest BCUT2D eigenvalue weighted by atomic mass is 10.1. The average Bonchev–Trinajstić information content (AvgIpc) is 2.55. The second kappa shape index (κ2) is 3.82. The van der Waals surface area contributed by atoms with Gasteiger partial charge in [-0.25, -0.2) is 18.6 Å². The maximum Gasteiger partial charge on any atom is 0.335 e. The fraction of sp³-hybridized carbons (Fsp3) is 0.111. The SMILES string of the molecule is O=C(O)c1cc(C(F)F)c2nc(Br)[nH]c2c1. The molecule has 2 N–H and O–H groups in total. The molecule has 0 radical (unpaired) electrons. The lowest BCUT2D eigenvalue weighted by Gasteiger charge is -2.02. The number of alkyl halides is 2. The van der Waals surface area contributed by atoms with Crippen molar-refractivity contribution >= 4 is 32.9 Å². The minimum atomic E-state index is -2.77. The fourth-order valence-electron chi connectivity index (χ4n) is 1.40. The molecule has 0 bridgehead atoms. The van der Waals surface area contributed by atoms with Crippen LogP contribution in [0, 0.1) is 0 Å². The number of imidazole rings is 1. The number of H-pyrrole nitrogens is 1. The van der Waals surface area contributed by atoms with Crippen molar-refractivity contribution in [3.63, 3.8) is 0 Å². The molecule has 1 heterocycles. The van der Waals surface area contributed by atoms with Gasteiger partial charge in [-0.05, 0) is 28.1 Å². The van der Waals surface area contributed by atoms with Crippen LogP contribution in [0.15, 0.2) is 16.9 Å². The number of aromatic amines is 1. The van der Waals surface area contributed by atoms with E-state index in [1.807, 2.05) is 0 Å². The van der Waals surface area contributed by atoms with Crippen LogP contribution in [0.5, 0.6) is 0 Å². The number of carboxylic acid groups (broad SMARTS) is 1. The Bertz CT molecular complexity index is 568. The zero-order chi connectivity index (χ0) is 11.9. The highest BCUT2D eigenvalue weighted by Crippen LogP contribution is 2.28. The van der Waals surface area contributed by atoms with Crippen LogP contribution in [-0.4, -0.2) is 21.0 Å². The third kappa shape index (κ3) is 1.78. The van der Waals surface area contributed by atoms with Crippen LogP contribution >= 0.6 is 15.9 Å². The van der Waals surface area contributed by atoms with Crippen molar-refractivity contribution in [1.82, 2.24) is 9.97 Å². The Labute approximate surface area is 96.4 Å². The van der Waals surface area contributed by atoms with Crippen molar-refractivity contribution in [2.45, 2.75) is 6.43 Å². The summed E-state index contributed by atoms with van der Waals surface area (Å²) in [5.74, 6) is -1.26. The highest BCUT2D eigenvalue weighted by molar-refractivity contribution is 9.10. The van der Waals surface area contributed by atoms with E-state index in [4.69, 9.17) is 5.11 Å². The molecule has 0 saturated carbocycles. The number of aromatic carboxylic acids is 1. The monoisotopic (exact) mass is 290 g/mol. The number of hydrogen-bond acceptors (Lipinski definition) is 2. The first-order chi connectivity index (χ1) is 7.49. The van der Waals surface area contributed by atoms with Crippen molar-refractivity contribution in [3.8, 4) is 0 Å². The molecule has 1 aromatic heterocycles. The van der Waals surface area contributed by atoms with Crippen LogP contribution in [0.1, 0.15) is 22.3 Å². The number of carboxylic acids is 1. The molecule has 0 aliphatic heterocycles. The summed E-state index contributed by atoms with van der Waals surface area (Å²) in [7, 11) is 0. The Morgan fingerprint density at radius 2 is 2.19 bits per heavy atom. The predicted molar refractivity (Wildman–Crippen MR) is 55.7 cm³/mol. The molecule has 1 aromatic carbocycles. The van der Waals surface area contributed by atoms with Gasteiger partial charge in [0.1, 0.15) is 0 Å². The lowest BCUT2D eigenvalue weighted by molar-refractivity contribution is 0.0696. The molecule has 7 heteroatoms. The summed E-state index contributed by atoms with van der Waals surface area (Å²) in [4.78, 5) is 17.2. The average molecular weight is 291 g/mol. The van der Waals surface area contributed by atoms with E-state index < -0.39 is 18.0 Å². The number of fused-ring (bicyclic) bond motifs is 1. The third-order valence-electron chi connectivity index (χ3n) is 2.07. The van der Waals surface area contributed by atoms with E-state index in [0.717, 1.165) is 6.07 Å². The van der Waals surface area contributed by atoms with Crippen LogP contribution in [0.3, 0.4) is 0 Å². The Hall–Kier alpha value is -1.50. The van der Waals surface area contributed by atoms with Crippen molar-refractivity contribution in [2.24, 2.45) is 0 Å². The molecule has 0 fully saturated rings. The quantitative estimate of drug-likeness (QED) is 0.894. The summed E-state index contributed by atoms with van der Waals surface area (Å²) in [5.41, 5.74) is -0.246. The zero-order valence-electron chi connectivity index (χ0n) is 7.67. The second-order valence-corrected chi connectivity index (χ2v) is 3.85. The number of aromatic nitrogens is 2. The highest BCUT2D eigenvalue weighted by Gasteiger charge is 2.18. The molecule has 0 amide bonds. The molecule has 0 aliphatic carbocycles. The standard InChI is InChI=1S/C9H5BrF2N2O2/c10-9-13-5-2-3(8(15)16)1-4(7(11)12)6(5)14-9/h1-2,7H,(H,13,14)(H,15,16). The fourth-order valence-corrected chi connectivity index (χ4v) is 1.79. The van der Waals surface area contributed by atoms with Gasteiger partial charge in [-0.15, -0.1) is 0 Å². The highest BCUT2D eigenvalue weighted by atomic mass is 79.9. The Morgan fingerprint density at radius 3 is 2.75 bits per heavy atom. The van der Waals surface area contributed by atoms with E-state index >= 15 is 0 Å². The third-order valence-corrected chi connectivity index (χ3v) is 2.44. The van der Waals surface area contributed by atoms with Crippen LogP contribution in [-0.2, 0) is 0 Å². The molecule has 84 valence electrons. The number of carbonyl (C=O) groups is 1. The smallest absolute Gasteiger partial charge is 0.335 e. The predicted octanol–water partition coefficient (Wildman–Crippen LogP) is 2.96. The minimum Gasteiger partial charge on any atom is -0.478 e. The summed E-state index contributed by atoms with van der Waals surface area (Å²) >= 11 is 3.01. The first-order valence-corrected chi connectivity index (χ1v) is 4.99. The molecule has 0 unspecified atom stereocenters. The first kappa shape index (κ1) is 11.0.